The number of nitrogens with zero attached hydrogens (tertiary/aromatic N) is 1. The lowest BCUT2D eigenvalue weighted by Crippen LogP contribution is -2.11. The summed E-state index contributed by atoms with van der Waals surface area (Å²) in [5, 5.41) is 11.7. The average Bonchev–Trinajstić information content (AvgIpc) is 2.44. The Hall–Kier alpha value is -2.41. The molecular weight excluding hydrogens is 246 g/mol. The van der Waals surface area contributed by atoms with Crippen molar-refractivity contribution >= 4 is 5.69 Å². The lowest BCUT2D eigenvalue weighted by molar-refractivity contribution is 0.509. The lowest BCUT2D eigenvalue weighted by atomic mass is 10.0. The zero-order valence-electron chi connectivity index (χ0n) is 10.1. The van der Waals surface area contributed by atoms with Crippen molar-refractivity contribution < 1.29 is 8.78 Å². The van der Waals surface area contributed by atoms with E-state index in [0.29, 0.717) is 0 Å². The molecule has 2 aromatic carbocycles. The highest BCUT2D eigenvalue weighted by molar-refractivity contribution is 5.47. The van der Waals surface area contributed by atoms with Gasteiger partial charge in [-0.05, 0) is 17.7 Å². The first-order valence-electron chi connectivity index (χ1n) is 5.85. The summed E-state index contributed by atoms with van der Waals surface area (Å²) in [6.45, 7) is 0. The molecule has 2 aromatic rings. The van der Waals surface area contributed by atoms with Gasteiger partial charge in [0.2, 0.25) is 0 Å². The molecule has 0 aliphatic rings. The third kappa shape index (κ3) is 3.08. The molecule has 0 amide bonds. The zero-order valence-corrected chi connectivity index (χ0v) is 10.1. The molecule has 2 nitrogen and oxygen atoms in total. The summed E-state index contributed by atoms with van der Waals surface area (Å²) in [5.74, 6) is -1.84. The van der Waals surface area contributed by atoms with Crippen LogP contribution in [0.3, 0.4) is 0 Å². The van der Waals surface area contributed by atoms with Gasteiger partial charge in [0, 0.05) is 0 Å². The maximum atomic E-state index is 13.6. The largest absolute Gasteiger partial charge is 0.375 e. The fourth-order valence-electron chi connectivity index (χ4n) is 1.83. The second kappa shape index (κ2) is 5.96. The highest BCUT2D eigenvalue weighted by Crippen LogP contribution is 2.25. The standard InChI is InChI=1S/C15H12F2N2/c16-12-7-4-8-14(15(12)17)19-13(9-10-18)11-5-2-1-3-6-11/h1-8,13,19H,9H2. The molecule has 0 radical (unpaired) electrons. The van der Waals surface area contributed by atoms with E-state index in [9.17, 15) is 8.78 Å². The van der Waals surface area contributed by atoms with E-state index in [2.05, 4.69) is 5.32 Å². The van der Waals surface area contributed by atoms with Gasteiger partial charge in [0.15, 0.2) is 11.6 Å². The highest BCUT2D eigenvalue weighted by atomic mass is 19.2. The van der Waals surface area contributed by atoms with Crippen molar-refractivity contribution in [3.8, 4) is 6.07 Å². The van der Waals surface area contributed by atoms with Gasteiger partial charge in [-0.2, -0.15) is 5.26 Å². The monoisotopic (exact) mass is 258 g/mol. The molecule has 0 aliphatic carbocycles. The van der Waals surface area contributed by atoms with Crippen LogP contribution in [0.25, 0.3) is 0 Å². The average molecular weight is 258 g/mol. The van der Waals surface area contributed by atoms with Crippen molar-refractivity contribution in [2.24, 2.45) is 0 Å². The Morgan fingerprint density at radius 3 is 2.47 bits per heavy atom. The van der Waals surface area contributed by atoms with Crippen molar-refractivity contribution in [3.05, 3.63) is 65.7 Å². The number of anilines is 1. The van der Waals surface area contributed by atoms with E-state index in [1.165, 1.54) is 12.1 Å². The van der Waals surface area contributed by atoms with Crippen LogP contribution in [0.15, 0.2) is 48.5 Å². The molecule has 96 valence electrons. The number of nitrogens with one attached hydrogen (secondary N) is 1. The third-order valence-corrected chi connectivity index (χ3v) is 2.78. The van der Waals surface area contributed by atoms with Crippen molar-refractivity contribution in [1.82, 2.24) is 0 Å². The summed E-state index contributed by atoms with van der Waals surface area (Å²) in [4.78, 5) is 0. The topological polar surface area (TPSA) is 35.8 Å². The van der Waals surface area contributed by atoms with Gasteiger partial charge in [0.1, 0.15) is 0 Å². The van der Waals surface area contributed by atoms with Gasteiger partial charge >= 0.3 is 0 Å². The van der Waals surface area contributed by atoms with E-state index in [4.69, 9.17) is 5.26 Å². The van der Waals surface area contributed by atoms with Gasteiger partial charge in [-0.15, -0.1) is 0 Å². The Balaban J connectivity index is 2.27. The minimum absolute atomic E-state index is 0.0594. The molecule has 19 heavy (non-hydrogen) atoms. The summed E-state index contributed by atoms with van der Waals surface area (Å²) < 4.78 is 26.7. The molecule has 1 atom stereocenters. The van der Waals surface area contributed by atoms with Crippen LogP contribution in [0.1, 0.15) is 18.0 Å². The summed E-state index contributed by atoms with van der Waals surface area (Å²) in [6.07, 6.45) is 0.167. The first-order chi connectivity index (χ1) is 9.22. The smallest absolute Gasteiger partial charge is 0.181 e. The maximum Gasteiger partial charge on any atom is 0.181 e. The van der Waals surface area contributed by atoms with Crippen molar-refractivity contribution in [2.45, 2.75) is 12.5 Å². The van der Waals surface area contributed by atoms with Crippen LogP contribution in [-0.4, -0.2) is 0 Å². The number of halogens is 2. The van der Waals surface area contributed by atoms with Crippen LogP contribution in [-0.2, 0) is 0 Å². The Kier molecular flexibility index (Phi) is 4.09. The van der Waals surface area contributed by atoms with Crippen LogP contribution < -0.4 is 5.32 Å². The minimum Gasteiger partial charge on any atom is -0.375 e. The van der Waals surface area contributed by atoms with E-state index in [-0.39, 0.29) is 18.2 Å². The molecule has 0 saturated carbocycles. The summed E-state index contributed by atoms with van der Waals surface area (Å²) in [5.41, 5.74) is 0.914. The predicted octanol–water partition coefficient (Wildman–Crippen LogP) is 4.03. The number of rotatable bonds is 4. The number of nitriles is 1. The Morgan fingerprint density at radius 1 is 1.05 bits per heavy atom. The maximum absolute atomic E-state index is 13.6. The third-order valence-electron chi connectivity index (χ3n) is 2.78. The summed E-state index contributed by atoms with van der Waals surface area (Å²) in [7, 11) is 0. The minimum atomic E-state index is -0.929. The van der Waals surface area contributed by atoms with E-state index in [1.807, 2.05) is 36.4 Å². The van der Waals surface area contributed by atoms with E-state index < -0.39 is 11.6 Å². The summed E-state index contributed by atoms with van der Waals surface area (Å²) in [6, 6.07) is 14.8. The quantitative estimate of drug-likeness (QED) is 0.898. The van der Waals surface area contributed by atoms with Crippen LogP contribution >= 0.6 is 0 Å². The molecule has 1 unspecified atom stereocenters. The summed E-state index contributed by atoms with van der Waals surface area (Å²) >= 11 is 0. The molecule has 2 rings (SSSR count). The van der Waals surface area contributed by atoms with Crippen LogP contribution in [0.5, 0.6) is 0 Å². The Labute approximate surface area is 110 Å². The molecule has 0 fully saturated rings. The number of hydrogen-bond acceptors (Lipinski definition) is 2. The fraction of sp³-hybridized carbons (Fsp3) is 0.133. The molecule has 0 aliphatic heterocycles. The van der Waals surface area contributed by atoms with Crippen LogP contribution in [0, 0.1) is 23.0 Å². The molecule has 1 N–H and O–H groups in total. The Morgan fingerprint density at radius 2 is 1.79 bits per heavy atom. The fourth-order valence-corrected chi connectivity index (χ4v) is 1.83. The lowest BCUT2D eigenvalue weighted by Gasteiger charge is -2.18. The molecular formula is C15H12F2N2. The van der Waals surface area contributed by atoms with Gasteiger partial charge in [0.05, 0.1) is 24.2 Å². The van der Waals surface area contributed by atoms with Crippen molar-refractivity contribution in [3.63, 3.8) is 0 Å². The van der Waals surface area contributed by atoms with Gasteiger partial charge in [-0.1, -0.05) is 36.4 Å². The second-order valence-corrected chi connectivity index (χ2v) is 4.07. The molecule has 0 heterocycles. The normalized spacial score (nSPS) is 11.6. The molecule has 4 heteroatoms. The SMILES string of the molecule is N#CCC(Nc1cccc(F)c1F)c1ccccc1. The van der Waals surface area contributed by atoms with Crippen LogP contribution in [0.2, 0.25) is 0 Å². The van der Waals surface area contributed by atoms with Crippen molar-refractivity contribution in [2.75, 3.05) is 5.32 Å². The van der Waals surface area contributed by atoms with Gasteiger partial charge in [-0.25, -0.2) is 8.78 Å². The van der Waals surface area contributed by atoms with Gasteiger partial charge in [-0.3, -0.25) is 0 Å². The molecule has 0 saturated heterocycles. The predicted molar refractivity (Wildman–Crippen MR) is 69.4 cm³/mol. The van der Waals surface area contributed by atoms with Crippen molar-refractivity contribution in [1.29, 1.82) is 5.26 Å². The first-order valence-corrected chi connectivity index (χ1v) is 5.85. The van der Waals surface area contributed by atoms with E-state index in [1.54, 1.807) is 0 Å². The van der Waals surface area contributed by atoms with Crippen LogP contribution in [0.4, 0.5) is 14.5 Å². The number of benzene rings is 2. The van der Waals surface area contributed by atoms with Gasteiger partial charge in [0.25, 0.3) is 0 Å². The zero-order chi connectivity index (χ0) is 13.7. The second-order valence-electron chi connectivity index (χ2n) is 4.07. The molecule has 0 bridgehead atoms. The van der Waals surface area contributed by atoms with E-state index >= 15 is 0 Å². The Bertz CT molecular complexity index is 591. The molecule has 0 spiro atoms. The number of hydrogen-bond donors (Lipinski definition) is 1. The van der Waals surface area contributed by atoms with Gasteiger partial charge < -0.3 is 5.32 Å². The van der Waals surface area contributed by atoms with E-state index in [0.717, 1.165) is 11.6 Å². The molecule has 0 aromatic heterocycles. The first kappa shape index (κ1) is 13.0. The highest BCUT2D eigenvalue weighted by Gasteiger charge is 2.14.